The molecule has 0 atom stereocenters. The Hall–Kier alpha value is -2.02. The van der Waals surface area contributed by atoms with Crippen molar-refractivity contribution >= 4 is 11.7 Å². The van der Waals surface area contributed by atoms with Gasteiger partial charge >= 0.3 is 0 Å². The van der Waals surface area contributed by atoms with Crippen molar-refractivity contribution in [2.45, 2.75) is 0 Å². The van der Waals surface area contributed by atoms with Gasteiger partial charge in [0.25, 0.3) is 0 Å². The Morgan fingerprint density at radius 3 is 2.68 bits per heavy atom. The number of nitrogens with two attached hydrogens (primary N) is 1. The van der Waals surface area contributed by atoms with Crippen LogP contribution in [0.15, 0.2) is 23.5 Å². The summed E-state index contributed by atoms with van der Waals surface area (Å²) in [6.07, 6.45) is 1.72. The fourth-order valence-corrected chi connectivity index (χ4v) is 2.08. The molecule has 7 nitrogen and oxygen atoms in total. The standard InChI is InChI=1S/C12H19N5O2/c1-19-10-2-3-12(14-8-10)17-6-4-16(5-7-17)9-11(13)15-18/h2-3,8,18H,4-7,9H2,1H3,(H2,13,15). The molecule has 0 aromatic carbocycles. The van der Waals surface area contributed by atoms with Gasteiger partial charge in [-0.05, 0) is 12.1 Å². The summed E-state index contributed by atoms with van der Waals surface area (Å²) in [6.45, 7) is 3.98. The van der Waals surface area contributed by atoms with Crippen molar-refractivity contribution in [3.63, 3.8) is 0 Å². The Kier molecular flexibility index (Phi) is 4.40. The molecule has 1 saturated heterocycles. The minimum absolute atomic E-state index is 0.246. The molecule has 0 radical (unpaired) electrons. The number of rotatable bonds is 4. The molecule has 0 saturated carbocycles. The minimum Gasteiger partial charge on any atom is -0.495 e. The molecular weight excluding hydrogens is 246 g/mol. The molecule has 0 aliphatic carbocycles. The highest BCUT2D eigenvalue weighted by molar-refractivity contribution is 5.81. The van der Waals surface area contributed by atoms with Gasteiger partial charge in [-0.15, -0.1) is 0 Å². The number of hydrogen-bond donors (Lipinski definition) is 2. The van der Waals surface area contributed by atoms with Crippen LogP contribution < -0.4 is 15.4 Å². The molecule has 7 heteroatoms. The van der Waals surface area contributed by atoms with E-state index in [1.54, 1.807) is 13.3 Å². The molecule has 1 aliphatic rings. The summed E-state index contributed by atoms with van der Waals surface area (Å²) in [5.74, 6) is 1.95. The molecular formula is C12H19N5O2. The van der Waals surface area contributed by atoms with Gasteiger partial charge in [-0.25, -0.2) is 4.98 Å². The zero-order valence-electron chi connectivity index (χ0n) is 11.0. The number of piperazine rings is 1. The molecule has 1 aromatic rings. The average molecular weight is 265 g/mol. The molecule has 0 spiro atoms. The topological polar surface area (TPSA) is 87.2 Å². The number of amidine groups is 1. The lowest BCUT2D eigenvalue weighted by Crippen LogP contribution is -2.49. The van der Waals surface area contributed by atoms with Gasteiger partial charge in [-0.1, -0.05) is 5.16 Å². The van der Waals surface area contributed by atoms with E-state index in [0.29, 0.717) is 6.54 Å². The monoisotopic (exact) mass is 265 g/mol. The average Bonchev–Trinajstić information content (AvgIpc) is 2.48. The Balaban J connectivity index is 1.88. The molecule has 1 aliphatic heterocycles. The summed E-state index contributed by atoms with van der Waals surface area (Å²) in [7, 11) is 1.63. The number of aromatic nitrogens is 1. The van der Waals surface area contributed by atoms with Crippen LogP contribution in [0.3, 0.4) is 0 Å². The minimum atomic E-state index is 0.246. The Labute approximate surface area is 112 Å². The van der Waals surface area contributed by atoms with Gasteiger partial charge in [0.1, 0.15) is 11.6 Å². The van der Waals surface area contributed by atoms with Crippen molar-refractivity contribution < 1.29 is 9.94 Å². The predicted molar refractivity (Wildman–Crippen MR) is 72.9 cm³/mol. The van der Waals surface area contributed by atoms with Crippen LogP contribution in [-0.2, 0) is 0 Å². The summed E-state index contributed by atoms with van der Waals surface area (Å²) in [6, 6.07) is 3.86. The van der Waals surface area contributed by atoms with Crippen LogP contribution in [-0.4, -0.2) is 60.8 Å². The van der Waals surface area contributed by atoms with Gasteiger partial charge in [0.2, 0.25) is 0 Å². The maximum absolute atomic E-state index is 8.55. The number of ether oxygens (including phenoxy) is 1. The lowest BCUT2D eigenvalue weighted by molar-refractivity contribution is 0.278. The Morgan fingerprint density at radius 2 is 2.16 bits per heavy atom. The zero-order valence-corrected chi connectivity index (χ0v) is 11.0. The van der Waals surface area contributed by atoms with Gasteiger partial charge in [0.05, 0.1) is 19.9 Å². The number of hydrogen-bond acceptors (Lipinski definition) is 6. The van der Waals surface area contributed by atoms with E-state index < -0.39 is 0 Å². The maximum Gasteiger partial charge on any atom is 0.153 e. The zero-order chi connectivity index (χ0) is 13.7. The van der Waals surface area contributed by atoms with E-state index in [4.69, 9.17) is 15.7 Å². The third-order valence-corrected chi connectivity index (χ3v) is 3.17. The fourth-order valence-electron chi connectivity index (χ4n) is 2.08. The summed E-state index contributed by atoms with van der Waals surface area (Å²) in [5.41, 5.74) is 5.50. The summed E-state index contributed by atoms with van der Waals surface area (Å²) in [4.78, 5) is 8.73. The van der Waals surface area contributed by atoms with Crippen LogP contribution in [0, 0.1) is 0 Å². The van der Waals surface area contributed by atoms with E-state index in [9.17, 15) is 0 Å². The third-order valence-electron chi connectivity index (χ3n) is 3.17. The molecule has 1 fully saturated rings. The molecule has 0 bridgehead atoms. The SMILES string of the molecule is COc1ccc(N2CCN(C/C(N)=N/O)CC2)nc1. The van der Waals surface area contributed by atoms with Gasteiger partial charge in [0.15, 0.2) is 5.84 Å². The molecule has 104 valence electrons. The number of anilines is 1. The van der Waals surface area contributed by atoms with Crippen molar-refractivity contribution in [2.75, 3.05) is 44.7 Å². The Morgan fingerprint density at radius 1 is 1.42 bits per heavy atom. The van der Waals surface area contributed by atoms with Crippen molar-refractivity contribution in [3.05, 3.63) is 18.3 Å². The van der Waals surface area contributed by atoms with Gasteiger partial charge in [-0.3, -0.25) is 4.90 Å². The van der Waals surface area contributed by atoms with Crippen molar-refractivity contribution in [1.82, 2.24) is 9.88 Å². The highest BCUT2D eigenvalue weighted by Gasteiger charge is 2.18. The smallest absolute Gasteiger partial charge is 0.153 e. The maximum atomic E-state index is 8.55. The third kappa shape index (κ3) is 3.47. The second-order valence-corrected chi connectivity index (χ2v) is 4.41. The van der Waals surface area contributed by atoms with Crippen LogP contribution in [0.4, 0.5) is 5.82 Å². The van der Waals surface area contributed by atoms with E-state index in [1.165, 1.54) is 0 Å². The van der Waals surface area contributed by atoms with Crippen molar-refractivity contribution in [2.24, 2.45) is 10.9 Å². The van der Waals surface area contributed by atoms with Crippen LogP contribution in [0.1, 0.15) is 0 Å². The van der Waals surface area contributed by atoms with E-state index in [2.05, 4.69) is 19.9 Å². The number of pyridine rings is 1. The molecule has 0 amide bonds. The normalized spacial score (nSPS) is 17.5. The second-order valence-electron chi connectivity index (χ2n) is 4.41. The first-order valence-electron chi connectivity index (χ1n) is 6.16. The molecule has 19 heavy (non-hydrogen) atoms. The van der Waals surface area contributed by atoms with Gasteiger partial charge < -0.3 is 20.6 Å². The quantitative estimate of drug-likeness (QED) is 0.344. The molecule has 2 rings (SSSR count). The summed E-state index contributed by atoms with van der Waals surface area (Å²) in [5, 5.41) is 11.5. The van der Waals surface area contributed by atoms with Crippen LogP contribution in [0.25, 0.3) is 0 Å². The van der Waals surface area contributed by atoms with Crippen molar-refractivity contribution in [1.29, 1.82) is 0 Å². The van der Waals surface area contributed by atoms with Crippen molar-refractivity contribution in [3.8, 4) is 5.75 Å². The number of oxime groups is 1. The van der Waals surface area contributed by atoms with E-state index >= 15 is 0 Å². The van der Waals surface area contributed by atoms with Gasteiger partial charge in [-0.2, -0.15) is 0 Å². The summed E-state index contributed by atoms with van der Waals surface area (Å²) >= 11 is 0. The predicted octanol–water partition coefficient (Wildman–Crippen LogP) is -0.0414. The number of methoxy groups -OCH3 is 1. The van der Waals surface area contributed by atoms with E-state index in [1.807, 2.05) is 12.1 Å². The second kappa shape index (κ2) is 6.24. The van der Waals surface area contributed by atoms with E-state index in [0.717, 1.165) is 37.7 Å². The van der Waals surface area contributed by atoms with Crippen LogP contribution >= 0.6 is 0 Å². The lowest BCUT2D eigenvalue weighted by Gasteiger charge is -2.35. The van der Waals surface area contributed by atoms with Crippen LogP contribution in [0.5, 0.6) is 5.75 Å². The first-order valence-corrected chi connectivity index (χ1v) is 6.16. The van der Waals surface area contributed by atoms with Gasteiger partial charge in [0, 0.05) is 26.2 Å². The van der Waals surface area contributed by atoms with Crippen LogP contribution in [0.2, 0.25) is 0 Å². The first-order chi connectivity index (χ1) is 9.22. The highest BCUT2D eigenvalue weighted by Crippen LogP contribution is 2.16. The molecule has 2 heterocycles. The highest BCUT2D eigenvalue weighted by atomic mass is 16.5. The first kappa shape index (κ1) is 13.4. The largest absolute Gasteiger partial charge is 0.495 e. The molecule has 0 unspecified atom stereocenters. The van der Waals surface area contributed by atoms with E-state index in [-0.39, 0.29) is 5.84 Å². The summed E-state index contributed by atoms with van der Waals surface area (Å²) < 4.78 is 5.09. The molecule has 3 N–H and O–H groups in total. The lowest BCUT2D eigenvalue weighted by atomic mass is 10.3. The molecule has 1 aromatic heterocycles. The Bertz CT molecular complexity index is 426. The number of nitrogens with zero attached hydrogens (tertiary/aromatic N) is 4. The fraction of sp³-hybridized carbons (Fsp3) is 0.500.